The van der Waals surface area contributed by atoms with Crippen molar-refractivity contribution >= 4 is 5.91 Å². The van der Waals surface area contributed by atoms with Crippen molar-refractivity contribution in [1.82, 2.24) is 10.6 Å². The molecule has 0 saturated carbocycles. The second-order valence-corrected chi connectivity index (χ2v) is 3.42. The molecule has 0 aliphatic carbocycles. The standard InChI is InChI=1S/C9H15N3O/c1-7(13)12-9-3-5-11-6-8(9)2-4-10/h8-9,11H,2-3,5-6H2,1H3,(H,12,13). The van der Waals surface area contributed by atoms with E-state index in [0.29, 0.717) is 6.42 Å². The van der Waals surface area contributed by atoms with Crippen molar-refractivity contribution in [3.8, 4) is 6.07 Å². The van der Waals surface area contributed by atoms with Gasteiger partial charge in [0.05, 0.1) is 6.07 Å². The van der Waals surface area contributed by atoms with Gasteiger partial charge in [-0.3, -0.25) is 4.79 Å². The van der Waals surface area contributed by atoms with Gasteiger partial charge in [-0.15, -0.1) is 0 Å². The molecule has 2 unspecified atom stereocenters. The summed E-state index contributed by atoms with van der Waals surface area (Å²) in [6.45, 7) is 3.27. The van der Waals surface area contributed by atoms with Crippen molar-refractivity contribution in [3.05, 3.63) is 0 Å². The lowest BCUT2D eigenvalue weighted by molar-refractivity contribution is -0.120. The minimum absolute atomic E-state index is 0.00478. The molecule has 1 amide bonds. The van der Waals surface area contributed by atoms with Crippen LogP contribution in [0.3, 0.4) is 0 Å². The predicted molar refractivity (Wildman–Crippen MR) is 48.8 cm³/mol. The van der Waals surface area contributed by atoms with Crippen molar-refractivity contribution in [1.29, 1.82) is 5.26 Å². The van der Waals surface area contributed by atoms with Gasteiger partial charge in [0, 0.05) is 31.8 Å². The Hall–Kier alpha value is -1.08. The average molecular weight is 181 g/mol. The number of hydrogen-bond donors (Lipinski definition) is 2. The smallest absolute Gasteiger partial charge is 0.217 e. The van der Waals surface area contributed by atoms with Crippen LogP contribution < -0.4 is 10.6 Å². The van der Waals surface area contributed by atoms with Crippen molar-refractivity contribution < 1.29 is 4.79 Å². The second-order valence-electron chi connectivity index (χ2n) is 3.42. The van der Waals surface area contributed by atoms with E-state index in [2.05, 4.69) is 16.7 Å². The van der Waals surface area contributed by atoms with E-state index in [1.807, 2.05) is 0 Å². The Bertz CT molecular complexity index is 221. The first-order chi connectivity index (χ1) is 6.24. The molecule has 1 heterocycles. The molecular weight excluding hydrogens is 166 g/mol. The number of carbonyl (C=O) groups is 1. The molecule has 1 aliphatic rings. The third-order valence-corrected chi connectivity index (χ3v) is 2.35. The summed E-state index contributed by atoms with van der Waals surface area (Å²) >= 11 is 0. The zero-order chi connectivity index (χ0) is 9.68. The first kappa shape index (κ1) is 10.0. The topological polar surface area (TPSA) is 64.9 Å². The zero-order valence-electron chi connectivity index (χ0n) is 7.84. The lowest BCUT2D eigenvalue weighted by atomic mass is 9.91. The maximum Gasteiger partial charge on any atom is 0.217 e. The zero-order valence-corrected chi connectivity index (χ0v) is 7.84. The molecule has 0 aromatic carbocycles. The highest BCUT2D eigenvalue weighted by atomic mass is 16.1. The molecule has 0 radical (unpaired) electrons. The summed E-state index contributed by atoms with van der Waals surface area (Å²) in [5.74, 6) is 0.262. The Kier molecular flexibility index (Phi) is 3.71. The Labute approximate surface area is 78.3 Å². The monoisotopic (exact) mass is 181 g/mol. The van der Waals surface area contributed by atoms with Crippen LogP contribution in [-0.4, -0.2) is 25.0 Å². The maximum absolute atomic E-state index is 10.8. The van der Waals surface area contributed by atoms with E-state index in [1.54, 1.807) is 0 Å². The van der Waals surface area contributed by atoms with Gasteiger partial charge in [-0.2, -0.15) is 5.26 Å². The van der Waals surface area contributed by atoms with Gasteiger partial charge in [0.1, 0.15) is 0 Å². The molecule has 0 spiro atoms. The SMILES string of the molecule is CC(=O)NC1CCNCC1CC#N. The van der Waals surface area contributed by atoms with E-state index in [9.17, 15) is 4.79 Å². The van der Waals surface area contributed by atoms with Crippen molar-refractivity contribution in [2.45, 2.75) is 25.8 Å². The van der Waals surface area contributed by atoms with Crippen LogP contribution in [0.4, 0.5) is 0 Å². The third-order valence-electron chi connectivity index (χ3n) is 2.35. The number of carbonyl (C=O) groups excluding carboxylic acids is 1. The summed E-state index contributed by atoms with van der Waals surface area (Å²) < 4.78 is 0. The van der Waals surface area contributed by atoms with E-state index < -0.39 is 0 Å². The highest BCUT2D eigenvalue weighted by Gasteiger charge is 2.24. The van der Waals surface area contributed by atoms with E-state index in [0.717, 1.165) is 19.5 Å². The number of piperidine rings is 1. The molecule has 1 fully saturated rings. The van der Waals surface area contributed by atoms with Crippen LogP contribution in [-0.2, 0) is 4.79 Å². The van der Waals surface area contributed by atoms with Crippen molar-refractivity contribution in [2.75, 3.05) is 13.1 Å². The lowest BCUT2D eigenvalue weighted by Gasteiger charge is -2.30. The van der Waals surface area contributed by atoms with Crippen LogP contribution in [0.15, 0.2) is 0 Å². The normalized spacial score (nSPS) is 27.7. The second kappa shape index (κ2) is 4.83. The van der Waals surface area contributed by atoms with E-state index in [4.69, 9.17) is 5.26 Å². The molecule has 4 heteroatoms. The van der Waals surface area contributed by atoms with Crippen LogP contribution in [0.2, 0.25) is 0 Å². The van der Waals surface area contributed by atoms with Gasteiger partial charge in [-0.25, -0.2) is 0 Å². The predicted octanol–water partition coefficient (Wildman–Crippen LogP) is 0.0143. The van der Waals surface area contributed by atoms with Crippen molar-refractivity contribution in [3.63, 3.8) is 0 Å². The van der Waals surface area contributed by atoms with Gasteiger partial charge >= 0.3 is 0 Å². The van der Waals surface area contributed by atoms with Crippen LogP contribution in [0, 0.1) is 17.2 Å². The summed E-state index contributed by atoms with van der Waals surface area (Å²) in [6, 6.07) is 2.33. The Morgan fingerprint density at radius 3 is 3.15 bits per heavy atom. The molecule has 1 aliphatic heterocycles. The molecule has 72 valence electrons. The molecule has 4 nitrogen and oxygen atoms in total. The Morgan fingerprint density at radius 1 is 1.77 bits per heavy atom. The minimum Gasteiger partial charge on any atom is -0.353 e. The molecule has 1 rings (SSSR count). The number of nitriles is 1. The van der Waals surface area contributed by atoms with Crippen LogP contribution >= 0.6 is 0 Å². The summed E-state index contributed by atoms with van der Waals surface area (Å²) in [5.41, 5.74) is 0. The summed E-state index contributed by atoms with van der Waals surface area (Å²) in [7, 11) is 0. The first-order valence-electron chi connectivity index (χ1n) is 4.59. The van der Waals surface area contributed by atoms with Crippen LogP contribution in [0.25, 0.3) is 0 Å². The number of rotatable bonds is 2. The average Bonchev–Trinajstić information content (AvgIpc) is 2.08. The summed E-state index contributed by atoms with van der Waals surface area (Å²) in [5, 5.41) is 14.7. The van der Waals surface area contributed by atoms with Crippen LogP contribution in [0.1, 0.15) is 19.8 Å². The number of nitrogens with one attached hydrogen (secondary N) is 2. The largest absolute Gasteiger partial charge is 0.353 e. The molecule has 2 N–H and O–H groups in total. The van der Waals surface area contributed by atoms with Gasteiger partial charge in [0.2, 0.25) is 5.91 Å². The van der Waals surface area contributed by atoms with Gasteiger partial charge in [0.25, 0.3) is 0 Å². The molecule has 0 aromatic rings. The third kappa shape index (κ3) is 3.03. The molecule has 0 bridgehead atoms. The fourth-order valence-corrected chi connectivity index (χ4v) is 1.71. The summed E-state index contributed by atoms with van der Waals surface area (Å²) in [4.78, 5) is 10.8. The van der Waals surface area contributed by atoms with Gasteiger partial charge in [-0.05, 0) is 13.0 Å². The van der Waals surface area contributed by atoms with Gasteiger partial charge in [-0.1, -0.05) is 0 Å². The number of hydrogen-bond acceptors (Lipinski definition) is 3. The minimum atomic E-state index is -0.00478. The van der Waals surface area contributed by atoms with Crippen molar-refractivity contribution in [2.24, 2.45) is 5.92 Å². The number of nitrogens with zero attached hydrogens (tertiary/aromatic N) is 1. The number of amides is 1. The molecule has 0 aromatic heterocycles. The lowest BCUT2D eigenvalue weighted by Crippen LogP contribution is -2.48. The van der Waals surface area contributed by atoms with Gasteiger partial charge < -0.3 is 10.6 Å². The fourth-order valence-electron chi connectivity index (χ4n) is 1.71. The Balaban J connectivity index is 2.47. The van der Waals surface area contributed by atoms with E-state index in [-0.39, 0.29) is 17.9 Å². The van der Waals surface area contributed by atoms with E-state index in [1.165, 1.54) is 6.92 Å². The highest BCUT2D eigenvalue weighted by molar-refractivity contribution is 5.73. The Morgan fingerprint density at radius 2 is 2.54 bits per heavy atom. The quantitative estimate of drug-likeness (QED) is 0.631. The van der Waals surface area contributed by atoms with Crippen LogP contribution in [0.5, 0.6) is 0 Å². The summed E-state index contributed by atoms with van der Waals surface area (Å²) in [6.07, 6.45) is 1.43. The first-order valence-corrected chi connectivity index (χ1v) is 4.59. The highest BCUT2D eigenvalue weighted by Crippen LogP contribution is 2.14. The molecule has 2 atom stereocenters. The molecule has 13 heavy (non-hydrogen) atoms. The van der Waals surface area contributed by atoms with E-state index >= 15 is 0 Å². The molecular formula is C9H15N3O. The maximum atomic E-state index is 10.8. The van der Waals surface area contributed by atoms with Gasteiger partial charge in [0.15, 0.2) is 0 Å². The fraction of sp³-hybridized carbons (Fsp3) is 0.778. The molecule has 1 saturated heterocycles.